The zero-order chi connectivity index (χ0) is 9.84. The average molecular weight is 289 g/mol. The second-order valence-corrected chi connectivity index (χ2v) is 3.76. The van der Waals surface area contributed by atoms with Crippen molar-refractivity contribution in [2.24, 2.45) is 0 Å². The van der Waals surface area contributed by atoms with Crippen molar-refractivity contribution in [3.63, 3.8) is 0 Å². The van der Waals surface area contributed by atoms with Crippen LogP contribution in [-0.4, -0.2) is 9.78 Å². The normalized spacial score (nSPS) is 12.1. The molecule has 0 aliphatic heterocycles. The predicted octanol–water partition coefficient (Wildman–Crippen LogP) is 1.32. The van der Waals surface area contributed by atoms with Crippen LogP contribution >= 0.6 is 22.6 Å². The predicted molar refractivity (Wildman–Crippen MR) is 56.2 cm³/mol. The van der Waals surface area contributed by atoms with Gasteiger partial charge in [-0.15, -0.1) is 0 Å². The van der Waals surface area contributed by atoms with Crippen LogP contribution in [0.1, 0.15) is 19.4 Å². The van der Waals surface area contributed by atoms with E-state index in [1.165, 1.54) is 10.7 Å². The molecule has 0 bridgehead atoms. The van der Waals surface area contributed by atoms with Crippen molar-refractivity contribution in [3.8, 4) is 6.07 Å². The molecule has 0 fully saturated rings. The Bertz CT molecular complexity index is 393. The zero-order valence-corrected chi connectivity index (χ0v) is 9.22. The molecule has 0 aliphatic rings. The first-order valence-corrected chi connectivity index (χ1v) is 4.91. The van der Waals surface area contributed by atoms with Crippen LogP contribution in [0.3, 0.4) is 0 Å². The lowest BCUT2D eigenvalue weighted by atomic mass is 10.2. The fourth-order valence-electron chi connectivity index (χ4n) is 0.949. The van der Waals surface area contributed by atoms with Crippen molar-refractivity contribution in [2.75, 3.05) is 0 Å². The highest BCUT2D eigenvalue weighted by atomic mass is 127. The van der Waals surface area contributed by atoms with E-state index in [1.807, 2.05) is 35.6 Å². The molecule has 1 aromatic heterocycles. The Hall–Kier alpha value is -0.900. The summed E-state index contributed by atoms with van der Waals surface area (Å²) in [6.45, 7) is 1.85. The van der Waals surface area contributed by atoms with Gasteiger partial charge < -0.3 is 0 Å². The van der Waals surface area contributed by atoms with E-state index in [0.29, 0.717) is 6.42 Å². The smallest absolute Gasteiger partial charge is 0.268 e. The van der Waals surface area contributed by atoms with Gasteiger partial charge in [0.1, 0.15) is 6.04 Å². The lowest BCUT2D eigenvalue weighted by Crippen LogP contribution is -2.25. The number of hydrogen-bond donors (Lipinski definition) is 0. The Balaban J connectivity index is 3.17. The zero-order valence-electron chi connectivity index (χ0n) is 7.07. The molecule has 0 radical (unpaired) electrons. The van der Waals surface area contributed by atoms with E-state index in [0.717, 1.165) is 3.57 Å². The van der Waals surface area contributed by atoms with Crippen LogP contribution < -0.4 is 5.56 Å². The standard InChI is InChI=1S/C8H8IN3O/c1-2-7(4-10)12-8(13)3-6(9)5-11-12/h3,5,7H,2H2,1H3. The molecular weight excluding hydrogens is 281 g/mol. The molecule has 1 unspecified atom stereocenters. The van der Waals surface area contributed by atoms with Crippen molar-refractivity contribution in [2.45, 2.75) is 19.4 Å². The van der Waals surface area contributed by atoms with Gasteiger partial charge in [-0.1, -0.05) is 6.92 Å². The van der Waals surface area contributed by atoms with Crippen LogP contribution in [0, 0.1) is 14.9 Å². The van der Waals surface area contributed by atoms with Crippen molar-refractivity contribution in [1.29, 1.82) is 5.26 Å². The minimum Gasteiger partial charge on any atom is -0.268 e. The van der Waals surface area contributed by atoms with Gasteiger partial charge in [-0.05, 0) is 29.0 Å². The van der Waals surface area contributed by atoms with Gasteiger partial charge >= 0.3 is 0 Å². The quantitative estimate of drug-likeness (QED) is 0.772. The van der Waals surface area contributed by atoms with Gasteiger partial charge in [0.05, 0.1) is 12.3 Å². The maximum absolute atomic E-state index is 11.3. The van der Waals surface area contributed by atoms with Crippen molar-refractivity contribution < 1.29 is 0 Å². The van der Waals surface area contributed by atoms with Crippen molar-refractivity contribution in [3.05, 3.63) is 26.2 Å². The van der Waals surface area contributed by atoms with Crippen LogP contribution in [0.25, 0.3) is 0 Å². The largest absolute Gasteiger partial charge is 0.269 e. The summed E-state index contributed by atoms with van der Waals surface area (Å²) in [5.41, 5.74) is -0.222. The van der Waals surface area contributed by atoms with E-state index in [2.05, 4.69) is 5.10 Å². The van der Waals surface area contributed by atoms with Crippen molar-refractivity contribution >= 4 is 22.6 Å². The maximum atomic E-state index is 11.3. The summed E-state index contributed by atoms with van der Waals surface area (Å²) in [5.74, 6) is 0. The van der Waals surface area contributed by atoms with Gasteiger partial charge in [0, 0.05) is 9.64 Å². The molecule has 0 saturated heterocycles. The highest BCUT2D eigenvalue weighted by Gasteiger charge is 2.09. The summed E-state index contributed by atoms with van der Waals surface area (Å²) in [6.07, 6.45) is 2.16. The first-order chi connectivity index (χ1) is 6.19. The molecule has 0 saturated carbocycles. The van der Waals surface area contributed by atoms with E-state index in [4.69, 9.17) is 5.26 Å². The molecule has 1 aromatic rings. The lowest BCUT2D eigenvalue weighted by Gasteiger charge is -2.07. The van der Waals surface area contributed by atoms with Gasteiger partial charge in [0.2, 0.25) is 0 Å². The minimum atomic E-state index is -0.454. The number of halogens is 1. The Kier molecular flexibility index (Phi) is 3.42. The molecule has 5 heteroatoms. The third kappa shape index (κ3) is 2.28. The first kappa shape index (κ1) is 10.2. The molecule has 0 amide bonds. The second-order valence-electron chi connectivity index (χ2n) is 2.51. The number of aromatic nitrogens is 2. The van der Waals surface area contributed by atoms with Crippen LogP contribution in [0.2, 0.25) is 0 Å². The Morgan fingerprint density at radius 3 is 3.00 bits per heavy atom. The van der Waals surface area contributed by atoms with Gasteiger partial charge in [0.25, 0.3) is 5.56 Å². The number of nitriles is 1. The third-order valence-corrected chi connectivity index (χ3v) is 2.21. The highest BCUT2D eigenvalue weighted by Crippen LogP contribution is 2.05. The van der Waals surface area contributed by atoms with Crippen LogP contribution in [0.15, 0.2) is 17.1 Å². The number of rotatable bonds is 2. The van der Waals surface area contributed by atoms with Gasteiger partial charge in [-0.25, -0.2) is 4.68 Å². The molecule has 68 valence electrons. The van der Waals surface area contributed by atoms with E-state index >= 15 is 0 Å². The first-order valence-electron chi connectivity index (χ1n) is 3.83. The molecule has 4 nitrogen and oxygen atoms in total. The summed E-state index contributed by atoms with van der Waals surface area (Å²) in [4.78, 5) is 11.3. The Morgan fingerprint density at radius 1 is 1.85 bits per heavy atom. The van der Waals surface area contributed by atoms with Gasteiger partial charge in [0.15, 0.2) is 0 Å². The SMILES string of the molecule is CCC(C#N)n1ncc(I)cc1=O. The van der Waals surface area contributed by atoms with Crippen LogP contribution in [0.5, 0.6) is 0 Å². The molecule has 0 spiro atoms. The lowest BCUT2D eigenvalue weighted by molar-refractivity contribution is 0.505. The van der Waals surface area contributed by atoms with E-state index < -0.39 is 6.04 Å². The summed E-state index contributed by atoms with van der Waals surface area (Å²) in [6, 6.07) is 3.04. The molecule has 1 atom stereocenters. The molecule has 1 rings (SSSR count). The maximum Gasteiger partial charge on any atom is 0.269 e. The number of hydrogen-bond acceptors (Lipinski definition) is 3. The molecule has 13 heavy (non-hydrogen) atoms. The van der Waals surface area contributed by atoms with Gasteiger partial charge in [-0.2, -0.15) is 10.4 Å². The van der Waals surface area contributed by atoms with E-state index in [1.54, 1.807) is 6.20 Å². The summed E-state index contributed by atoms with van der Waals surface area (Å²) < 4.78 is 1.99. The molecule has 0 aromatic carbocycles. The Labute approximate surface area is 89.3 Å². The minimum absolute atomic E-state index is 0.222. The molecule has 0 N–H and O–H groups in total. The van der Waals surface area contributed by atoms with Crippen molar-refractivity contribution in [1.82, 2.24) is 9.78 Å². The monoisotopic (exact) mass is 289 g/mol. The average Bonchev–Trinajstić information content (AvgIpc) is 2.10. The summed E-state index contributed by atoms with van der Waals surface area (Å²) >= 11 is 2.01. The van der Waals surface area contributed by atoms with Gasteiger partial charge in [-0.3, -0.25) is 4.79 Å². The molecule has 1 heterocycles. The fourth-order valence-corrected chi connectivity index (χ4v) is 1.34. The topological polar surface area (TPSA) is 58.7 Å². The second kappa shape index (κ2) is 4.37. The third-order valence-electron chi connectivity index (χ3n) is 1.62. The highest BCUT2D eigenvalue weighted by molar-refractivity contribution is 14.1. The molecular formula is C8H8IN3O. The fraction of sp³-hybridized carbons (Fsp3) is 0.375. The summed E-state index contributed by atoms with van der Waals surface area (Å²) in [7, 11) is 0. The van der Waals surface area contributed by atoms with E-state index in [9.17, 15) is 4.79 Å². The van der Waals surface area contributed by atoms with Crippen LogP contribution in [0.4, 0.5) is 0 Å². The Morgan fingerprint density at radius 2 is 2.54 bits per heavy atom. The van der Waals surface area contributed by atoms with Crippen LogP contribution in [-0.2, 0) is 0 Å². The molecule has 0 aliphatic carbocycles. The summed E-state index contributed by atoms with van der Waals surface area (Å²) in [5, 5.41) is 12.6. The van der Waals surface area contributed by atoms with E-state index in [-0.39, 0.29) is 5.56 Å². The number of nitrogens with zero attached hydrogens (tertiary/aromatic N) is 3.